The molecule has 0 aromatic heterocycles. The number of thioether (sulfide) groups is 1. The van der Waals surface area contributed by atoms with Gasteiger partial charge in [0, 0.05) is 11.0 Å². The zero-order chi connectivity index (χ0) is 11.1. The molecule has 1 aromatic rings. The Hall–Kier alpha value is 0.01000. The van der Waals surface area contributed by atoms with Gasteiger partial charge in [0.2, 0.25) is 0 Å². The van der Waals surface area contributed by atoms with Crippen LogP contribution in [0.5, 0.6) is 0 Å². The Kier molecular flexibility index (Phi) is 6.37. The summed E-state index contributed by atoms with van der Waals surface area (Å²) >= 11 is 5.46. The normalized spacial score (nSPS) is 12.7. The van der Waals surface area contributed by atoms with Gasteiger partial charge in [0.05, 0.1) is 0 Å². The molecule has 0 fully saturated rings. The number of benzene rings is 1. The van der Waals surface area contributed by atoms with Crippen LogP contribution in [0.4, 0.5) is 0 Å². The van der Waals surface area contributed by atoms with E-state index in [4.69, 9.17) is 0 Å². The van der Waals surface area contributed by atoms with Crippen LogP contribution in [0.1, 0.15) is 12.5 Å². The molecule has 1 aromatic carbocycles. The second-order valence-corrected chi connectivity index (χ2v) is 5.55. The zero-order valence-corrected chi connectivity index (χ0v) is 11.7. The van der Waals surface area contributed by atoms with E-state index in [0.717, 1.165) is 19.0 Å². The summed E-state index contributed by atoms with van der Waals surface area (Å²) in [5.74, 6) is 1.96. The molecular formula is C12H18BrNS. The van der Waals surface area contributed by atoms with Gasteiger partial charge in [-0.1, -0.05) is 41.1 Å². The van der Waals surface area contributed by atoms with E-state index in [0.29, 0.717) is 0 Å². The quantitative estimate of drug-likeness (QED) is 0.859. The molecule has 1 nitrogen and oxygen atoms in total. The van der Waals surface area contributed by atoms with Crippen molar-refractivity contribution in [1.29, 1.82) is 0 Å². The average molecular weight is 288 g/mol. The van der Waals surface area contributed by atoms with Crippen molar-refractivity contribution in [2.24, 2.45) is 5.92 Å². The molecule has 0 heterocycles. The lowest BCUT2D eigenvalue weighted by Crippen LogP contribution is -2.22. The second-order valence-electron chi connectivity index (χ2n) is 3.78. The first-order chi connectivity index (χ1) is 7.24. The van der Waals surface area contributed by atoms with E-state index in [1.807, 2.05) is 17.8 Å². The van der Waals surface area contributed by atoms with Crippen LogP contribution in [-0.2, 0) is 6.54 Å². The fourth-order valence-corrected chi connectivity index (χ4v) is 2.55. The molecule has 0 radical (unpaired) electrons. The second kappa shape index (κ2) is 7.31. The SMILES string of the molecule is CSCC(C)CNCc1ccccc1Br. The van der Waals surface area contributed by atoms with Crippen LogP contribution in [0.2, 0.25) is 0 Å². The molecule has 3 heteroatoms. The largest absolute Gasteiger partial charge is 0.312 e. The molecule has 0 aliphatic rings. The lowest BCUT2D eigenvalue weighted by atomic mass is 10.2. The van der Waals surface area contributed by atoms with Crippen molar-refractivity contribution >= 4 is 27.7 Å². The lowest BCUT2D eigenvalue weighted by Gasteiger charge is -2.11. The van der Waals surface area contributed by atoms with Gasteiger partial charge in [-0.2, -0.15) is 11.8 Å². The third kappa shape index (κ3) is 5.05. The summed E-state index contributed by atoms with van der Waals surface area (Å²) in [7, 11) is 0. The van der Waals surface area contributed by atoms with Gasteiger partial charge < -0.3 is 5.32 Å². The minimum Gasteiger partial charge on any atom is -0.312 e. The molecule has 1 unspecified atom stereocenters. The van der Waals surface area contributed by atoms with Crippen LogP contribution in [0.3, 0.4) is 0 Å². The van der Waals surface area contributed by atoms with Crippen molar-refractivity contribution in [3.63, 3.8) is 0 Å². The fraction of sp³-hybridized carbons (Fsp3) is 0.500. The van der Waals surface area contributed by atoms with Crippen LogP contribution in [0, 0.1) is 5.92 Å². The first-order valence-corrected chi connectivity index (χ1v) is 7.35. The Balaban J connectivity index is 2.29. The Bertz CT molecular complexity index is 291. The monoisotopic (exact) mass is 287 g/mol. The van der Waals surface area contributed by atoms with Gasteiger partial charge in [-0.25, -0.2) is 0 Å². The van der Waals surface area contributed by atoms with Gasteiger partial charge in [-0.3, -0.25) is 0 Å². The van der Waals surface area contributed by atoms with E-state index in [1.54, 1.807) is 0 Å². The highest BCUT2D eigenvalue weighted by molar-refractivity contribution is 9.10. The minimum absolute atomic E-state index is 0.738. The number of nitrogens with one attached hydrogen (secondary N) is 1. The Morgan fingerprint density at radius 3 is 2.80 bits per heavy atom. The molecule has 0 spiro atoms. The third-order valence-corrected chi connectivity index (χ3v) is 3.89. The summed E-state index contributed by atoms with van der Waals surface area (Å²) in [5.41, 5.74) is 1.33. The molecule has 0 saturated heterocycles. The standard InChI is InChI=1S/C12H18BrNS/c1-10(9-15-2)7-14-8-11-5-3-4-6-12(11)13/h3-6,10,14H,7-9H2,1-2H3. The summed E-state index contributed by atoms with van der Waals surface area (Å²) in [6, 6.07) is 8.36. The summed E-state index contributed by atoms with van der Waals surface area (Å²) in [6.07, 6.45) is 2.16. The molecule has 1 N–H and O–H groups in total. The maximum absolute atomic E-state index is 3.55. The molecule has 84 valence electrons. The summed E-state index contributed by atoms with van der Waals surface area (Å²) in [6.45, 7) is 4.31. The maximum Gasteiger partial charge on any atom is 0.0220 e. The third-order valence-electron chi connectivity index (χ3n) is 2.22. The van der Waals surface area contributed by atoms with E-state index in [-0.39, 0.29) is 0 Å². The molecule has 15 heavy (non-hydrogen) atoms. The maximum atomic E-state index is 3.55. The van der Waals surface area contributed by atoms with Crippen LogP contribution in [-0.4, -0.2) is 18.6 Å². The minimum atomic E-state index is 0.738. The molecule has 0 aliphatic heterocycles. The number of hydrogen-bond donors (Lipinski definition) is 1. The van der Waals surface area contributed by atoms with Crippen LogP contribution in [0.15, 0.2) is 28.7 Å². The number of hydrogen-bond acceptors (Lipinski definition) is 2. The molecule has 1 rings (SSSR count). The van der Waals surface area contributed by atoms with Gasteiger partial charge in [-0.05, 0) is 36.1 Å². The molecule has 0 saturated carbocycles. The van der Waals surface area contributed by atoms with E-state index >= 15 is 0 Å². The van der Waals surface area contributed by atoms with Crippen LogP contribution in [0.25, 0.3) is 0 Å². The summed E-state index contributed by atoms with van der Waals surface area (Å²) in [4.78, 5) is 0. The van der Waals surface area contributed by atoms with Crippen molar-refractivity contribution in [3.05, 3.63) is 34.3 Å². The number of halogens is 1. The average Bonchev–Trinajstić information content (AvgIpc) is 2.21. The lowest BCUT2D eigenvalue weighted by molar-refractivity contribution is 0.559. The Labute approximate surface area is 105 Å². The highest BCUT2D eigenvalue weighted by Gasteiger charge is 2.01. The number of rotatable bonds is 6. The predicted molar refractivity (Wildman–Crippen MR) is 73.4 cm³/mol. The fourth-order valence-electron chi connectivity index (χ4n) is 1.44. The zero-order valence-electron chi connectivity index (χ0n) is 9.29. The van der Waals surface area contributed by atoms with E-state index in [1.165, 1.54) is 15.8 Å². The van der Waals surface area contributed by atoms with E-state index in [9.17, 15) is 0 Å². The Morgan fingerprint density at radius 1 is 1.40 bits per heavy atom. The van der Waals surface area contributed by atoms with Crippen molar-refractivity contribution in [3.8, 4) is 0 Å². The molecule has 0 aliphatic carbocycles. The first kappa shape index (κ1) is 13.1. The highest BCUT2D eigenvalue weighted by Crippen LogP contribution is 2.15. The van der Waals surface area contributed by atoms with E-state index in [2.05, 4.69) is 52.6 Å². The van der Waals surface area contributed by atoms with Crippen molar-refractivity contribution < 1.29 is 0 Å². The van der Waals surface area contributed by atoms with E-state index < -0.39 is 0 Å². The molecule has 1 atom stereocenters. The molecular weight excluding hydrogens is 270 g/mol. The molecule has 0 bridgehead atoms. The van der Waals surface area contributed by atoms with Crippen LogP contribution < -0.4 is 5.32 Å². The van der Waals surface area contributed by atoms with Crippen molar-refractivity contribution in [1.82, 2.24) is 5.32 Å². The van der Waals surface area contributed by atoms with Crippen molar-refractivity contribution in [2.75, 3.05) is 18.6 Å². The van der Waals surface area contributed by atoms with Crippen LogP contribution >= 0.6 is 27.7 Å². The topological polar surface area (TPSA) is 12.0 Å². The molecule has 0 amide bonds. The van der Waals surface area contributed by atoms with Gasteiger partial charge >= 0.3 is 0 Å². The highest BCUT2D eigenvalue weighted by atomic mass is 79.9. The smallest absolute Gasteiger partial charge is 0.0220 e. The predicted octanol–water partition coefficient (Wildman–Crippen LogP) is 3.54. The van der Waals surface area contributed by atoms with Gasteiger partial charge in [0.25, 0.3) is 0 Å². The van der Waals surface area contributed by atoms with Crippen molar-refractivity contribution in [2.45, 2.75) is 13.5 Å². The summed E-state index contributed by atoms with van der Waals surface area (Å²) < 4.78 is 1.19. The van der Waals surface area contributed by atoms with Gasteiger partial charge in [-0.15, -0.1) is 0 Å². The Morgan fingerprint density at radius 2 is 2.13 bits per heavy atom. The van der Waals surface area contributed by atoms with Gasteiger partial charge in [0.1, 0.15) is 0 Å². The summed E-state index contributed by atoms with van der Waals surface area (Å²) in [5, 5.41) is 3.48. The first-order valence-electron chi connectivity index (χ1n) is 5.17. The van der Waals surface area contributed by atoms with Gasteiger partial charge in [0.15, 0.2) is 0 Å².